The molecule has 1 saturated heterocycles. The average Bonchev–Trinajstić information content (AvgIpc) is 3.03. The van der Waals surface area contributed by atoms with Crippen LogP contribution in [0.3, 0.4) is 0 Å². The van der Waals surface area contributed by atoms with E-state index in [1.165, 1.54) is 19.1 Å². The molecule has 1 aliphatic heterocycles. The molecule has 1 N–H and O–H groups in total. The van der Waals surface area contributed by atoms with Crippen LogP contribution >= 0.6 is 23.2 Å². The lowest BCUT2D eigenvalue weighted by Crippen LogP contribution is -2.33. The molecule has 1 atom stereocenters. The van der Waals surface area contributed by atoms with Crippen LogP contribution in [0.25, 0.3) is 0 Å². The molecule has 1 aliphatic rings. The van der Waals surface area contributed by atoms with Crippen molar-refractivity contribution < 1.29 is 19.1 Å². The number of carbonyl (C=O) groups is 2. The van der Waals surface area contributed by atoms with E-state index in [0.717, 1.165) is 0 Å². The molecule has 1 heterocycles. The second-order valence-electron chi connectivity index (χ2n) is 5.99. The van der Waals surface area contributed by atoms with Gasteiger partial charge in [0.05, 0.1) is 24.9 Å². The number of halogens is 2. The third-order valence-electron chi connectivity index (χ3n) is 4.37. The summed E-state index contributed by atoms with van der Waals surface area (Å²) in [7, 11) is 3.04. The zero-order valence-electron chi connectivity index (χ0n) is 14.8. The van der Waals surface area contributed by atoms with E-state index in [-0.39, 0.29) is 11.8 Å². The first-order valence-electron chi connectivity index (χ1n) is 8.24. The number of amides is 2. The first-order chi connectivity index (χ1) is 12.9. The zero-order chi connectivity index (χ0) is 19.6. The molecule has 142 valence electrons. The molecule has 1 fully saturated rings. The van der Waals surface area contributed by atoms with E-state index in [2.05, 4.69) is 5.32 Å². The maximum absolute atomic E-state index is 12.7. The fraction of sp³-hybridized carbons (Fsp3) is 0.263. The van der Waals surface area contributed by atoms with Crippen LogP contribution in [0, 0.1) is 5.92 Å². The molecule has 0 aliphatic carbocycles. The number of ether oxygens (including phenoxy) is 2. The van der Waals surface area contributed by atoms with Crippen molar-refractivity contribution in [3.05, 3.63) is 46.4 Å². The van der Waals surface area contributed by atoms with Crippen molar-refractivity contribution in [3.63, 3.8) is 0 Å². The number of benzene rings is 2. The summed E-state index contributed by atoms with van der Waals surface area (Å²) in [4.78, 5) is 26.8. The van der Waals surface area contributed by atoms with Crippen LogP contribution in [0.15, 0.2) is 36.4 Å². The Morgan fingerprint density at radius 2 is 1.85 bits per heavy atom. The minimum atomic E-state index is -0.787. The van der Waals surface area contributed by atoms with E-state index in [1.54, 1.807) is 36.4 Å². The van der Waals surface area contributed by atoms with Crippen LogP contribution in [0.1, 0.15) is 6.42 Å². The van der Waals surface area contributed by atoms with Gasteiger partial charge in [-0.3, -0.25) is 9.59 Å². The first-order valence-corrected chi connectivity index (χ1v) is 8.99. The van der Waals surface area contributed by atoms with Gasteiger partial charge >= 0.3 is 0 Å². The van der Waals surface area contributed by atoms with Gasteiger partial charge in [0.2, 0.25) is 11.8 Å². The lowest BCUT2D eigenvalue weighted by atomic mass is 10.1. The van der Waals surface area contributed by atoms with Crippen LogP contribution < -0.4 is 19.7 Å². The number of methoxy groups -OCH3 is 2. The summed E-state index contributed by atoms with van der Waals surface area (Å²) in [6, 6.07) is 9.92. The van der Waals surface area contributed by atoms with Crippen molar-refractivity contribution >= 4 is 46.4 Å². The summed E-state index contributed by atoms with van der Waals surface area (Å²) >= 11 is 12.1. The standard InChI is InChI=1S/C19H18Cl2N2O4/c1-26-16-6-4-12(10-17(16)27-2)22-18(24)13-7-8-23(19(13)25)15-5-3-11(20)9-14(15)21/h3-6,9-10,13H,7-8H2,1-2H3,(H,22,24). The molecule has 8 heteroatoms. The Hall–Kier alpha value is -2.44. The van der Waals surface area contributed by atoms with Crippen molar-refractivity contribution in [3.8, 4) is 11.5 Å². The quantitative estimate of drug-likeness (QED) is 0.759. The number of anilines is 2. The molecule has 0 spiro atoms. The summed E-state index contributed by atoms with van der Waals surface area (Å²) in [5, 5.41) is 3.62. The van der Waals surface area contributed by atoms with Crippen LogP contribution in [0.4, 0.5) is 11.4 Å². The van der Waals surface area contributed by atoms with Gasteiger partial charge < -0.3 is 19.7 Å². The highest BCUT2D eigenvalue weighted by Crippen LogP contribution is 2.34. The summed E-state index contributed by atoms with van der Waals surface area (Å²) in [6.07, 6.45) is 0.400. The van der Waals surface area contributed by atoms with E-state index in [0.29, 0.717) is 45.9 Å². The maximum Gasteiger partial charge on any atom is 0.239 e. The van der Waals surface area contributed by atoms with E-state index in [1.807, 2.05) is 0 Å². The number of nitrogens with one attached hydrogen (secondary N) is 1. The van der Waals surface area contributed by atoms with Gasteiger partial charge in [-0.15, -0.1) is 0 Å². The lowest BCUT2D eigenvalue weighted by Gasteiger charge is -2.18. The van der Waals surface area contributed by atoms with Gasteiger partial charge in [0.1, 0.15) is 5.92 Å². The number of carbonyl (C=O) groups excluding carboxylic acids is 2. The van der Waals surface area contributed by atoms with E-state index < -0.39 is 5.92 Å². The van der Waals surface area contributed by atoms with Crippen LogP contribution in [-0.2, 0) is 9.59 Å². The lowest BCUT2D eigenvalue weighted by molar-refractivity contribution is -0.129. The van der Waals surface area contributed by atoms with Crippen molar-refractivity contribution in [1.82, 2.24) is 0 Å². The number of nitrogens with zero attached hydrogens (tertiary/aromatic N) is 1. The number of hydrogen-bond donors (Lipinski definition) is 1. The minimum absolute atomic E-state index is 0.294. The maximum atomic E-state index is 12.7. The Labute approximate surface area is 167 Å². The topological polar surface area (TPSA) is 67.9 Å². The van der Waals surface area contributed by atoms with Crippen molar-refractivity contribution in [2.45, 2.75) is 6.42 Å². The molecule has 2 amide bonds. The van der Waals surface area contributed by atoms with Crippen LogP contribution in [0.5, 0.6) is 11.5 Å². The molecule has 0 saturated carbocycles. The summed E-state index contributed by atoms with van der Waals surface area (Å²) < 4.78 is 10.4. The third kappa shape index (κ3) is 3.96. The van der Waals surface area contributed by atoms with Gasteiger partial charge in [0, 0.05) is 23.3 Å². The van der Waals surface area contributed by atoms with Gasteiger partial charge in [0.15, 0.2) is 11.5 Å². The molecule has 6 nitrogen and oxygen atoms in total. The summed E-state index contributed by atoms with van der Waals surface area (Å²) in [6.45, 7) is 0.407. The van der Waals surface area contributed by atoms with Crippen molar-refractivity contribution in [2.24, 2.45) is 5.92 Å². The predicted molar refractivity (Wildman–Crippen MR) is 105 cm³/mol. The highest BCUT2D eigenvalue weighted by atomic mass is 35.5. The van der Waals surface area contributed by atoms with Gasteiger partial charge in [-0.25, -0.2) is 0 Å². The Balaban J connectivity index is 1.74. The zero-order valence-corrected chi connectivity index (χ0v) is 16.3. The second kappa shape index (κ2) is 8.06. The predicted octanol–water partition coefficient (Wildman–Crippen LogP) is 4.00. The third-order valence-corrected chi connectivity index (χ3v) is 4.91. The SMILES string of the molecule is COc1ccc(NC(=O)C2CCN(c3ccc(Cl)cc3Cl)C2=O)cc1OC. The van der Waals surface area contributed by atoms with E-state index >= 15 is 0 Å². The first kappa shape index (κ1) is 19.3. The van der Waals surface area contributed by atoms with Gasteiger partial charge in [-0.1, -0.05) is 23.2 Å². The molecule has 0 radical (unpaired) electrons. The smallest absolute Gasteiger partial charge is 0.239 e. The number of rotatable bonds is 5. The van der Waals surface area contributed by atoms with Gasteiger partial charge in [-0.05, 0) is 36.8 Å². The highest BCUT2D eigenvalue weighted by molar-refractivity contribution is 6.37. The molecule has 2 aromatic rings. The molecular weight excluding hydrogens is 391 g/mol. The summed E-state index contributed by atoms with van der Waals surface area (Å²) in [5.41, 5.74) is 1.07. The monoisotopic (exact) mass is 408 g/mol. The van der Waals surface area contributed by atoms with Crippen molar-refractivity contribution in [2.75, 3.05) is 31.0 Å². The highest BCUT2D eigenvalue weighted by Gasteiger charge is 2.38. The summed E-state index contributed by atoms with van der Waals surface area (Å²) in [5.74, 6) is -0.416. The van der Waals surface area contributed by atoms with Crippen LogP contribution in [0.2, 0.25) is 10.0 Å². The minimum Gasteiger partial charge on any atom is -0.493 e. The van der Waals surface area contributed by atoms with Gasteiger partial charge in [0.25, 0.3) is 0 Å². The van der Waals surface area contributed by atoms with E-state index in [9.17, 15) is 9.59 Å². The second-order valence-corrected chi connectivity index (χ2v) is 6.83. The Kier molecular flexibility index (Phi) is 5.77. The Morgan fingerprint density at radius 3 is 2.52 bits per heavy atom. The molecule has 0 aromatic heterocycles. The normalized spacial score (nSPS) is 16.4. The fourth-order valence-corrected chi connectivity index (χ4v) is 3.52. The molecule has 1 unspecified atom stereocenters. The number of hydrogen-bond acceptors (Lipinski definition) is 4. The fourth-order valence-electron chi connectivity index (χ4n) is 3.01. The molecular formula is C19H18Cl2N2O4. The average molecular weight is 409 g/mol. The Morgan fingerprint density at radius 1 is 1.11 bits per heavy atom. The molecule has 2 aromatic carbocycles. The van der Waals surface area contributed by atoms with Crippen molar-refractivity contribution in [1.29, 1.82) is 0 Å². The largest absolute Gasteiger partial charge is 0.493 e. The molecule has 3 rings (SSSR count). The molecule has 27 heavy (non-hydrogen) atoms. The van der Waals surface area contributed by atoms with E-state index in [4.69, 9.17) is 32.7 Å². The molecule has 0 bridgehead atoms. The van der Waals surface area contributed by atoms with Crippen LogP contribution in [-0.4, -0.2) is 32.6 Å². The Bertz CT molecular complexity index is 888. The van der Waals surface area contributed by atoms with Gasteiger partial charge in [-0.2, -0.15) is 0 Å².